The summed E-state index contributed by atoms with van der Waals surface area (Å²) in [6.45, 7) is 3.09. The van der Waals surface area contributed by atoms with Gasteiger partial charge in [-0.05, 0) is 30.9 Å². The summed E-state index contributed by atoms with van der Waals surface area (Å²) in [5, 5.41) is 4.55. The van der Waals surface area contributed by atoms with Gasteiger partial charge in [-0.2, -0.15) is 0 Å². The molecule has 2 unspecified atom stereocenters. The zero-order valence-corrected chi connectivity index (χ0v) is 12.1. The van der Waals surface area contributed by atoms with Crippen molar-refractivity contribution in [2.24, 2.45) is 16.8 Å². The van der Waals surface area contributed by atoms with Crippen LogP contribution in [-0.4, -0.2) is 38.4 Å². The molecule has 0 aromatic carbocycles. The van der Waals surface area contributed by atoms with Crippen LogP contribution in [0.3, 0.4) is 0 Å². The zero-order chi connectivity index (χ0) is 14.9. The van der Waals surface area contributed by atoms with E-state index in [9.17, 15) is 13.2 Å². The highest BCUT2D eigenvalue weighted by atomic mass is 32.2. The summed E-state index contributed by atoms with van der Waals surface area (Å²) in [7, 11) is -3.94. The van der Waals surface area contributed by atoms with Crippen LogP contribution in [0.5, 0.6) is 0 Å². The Bertz CT molecular complexity index is 596. The van der Waals surface area contributed by atoms with Crippen LogP contribution in [0.25, 0.3) is 0 Å². The van der Waals surface area contributed by atoms with Gasteiger partial charge >= 0.3 is 0 Å². The predicted octanol–water partition coefficient (Wildman–Crippen LogP) is 0.126. The Morgan fingerprint density at radius 2 is 2.20 bits per heavy atom. The van der Waals surface area contributed by atoms with Crippen molar-refractivity contribution >= 4 is 15.9 Å². The van der Waals surface area contributed by atoms with Crippen LogP contribution in [0.2, 0.25) is 0 Å². The monoisotopic (exact) mass is 301 g/mol. The Labute approximate surface area is 118 Å². The molecule has 1 aliphatic rings. The number of hydrogen-bond donors (Lipinski definition) is 2. The molecule has 1 amide bonds. The number of rotatable bonds is 3. The molecule has 1 aliphatic heterocycles. The first-order chi connectivity index (χ1) is 9.32. The van der Waals surface area contributed by atoms with Crippen LogP contribution in [0.4, 0.5) is 0 Å². The lowest BCUT2D eigenvalue weighted by Crippen LogP contribution is -2.49. The summed E-state index contributed by atoms with van der Waals surface area (Å²) in [5.41, 5.74) is 5.71. The molecule has 2 atom stereocenters. The minimum atomic E-state index is -3.94. The quantitative estimate of drug-likeness (QED) is 0.822. The highest BCUT2D eigenvalue weighted by Gasteiger charge is 2.31. The second-order valence-electron chi connectivity index (χ2n) is 5.18. The minimum Gasteiger partial charge on any atom is -0.438 e. The molecule has 0 bridgehead atoms. The molecule has 1 aromatic heterocycles. The normalized spacial score (nSPS) is 23.9. The zero-order valence-electron chi connectivity index (χ0n) is 11.3. The van der Waals surface area contributed by atoms with Gasteiger partial charge in [-0.1, -0.05) is 6.92 Å². The van der Waals surface area contributed by atoms with E-state index in [1.54, 1.807) is 4.90 Å². The van der Waals surface area contributed by atoms with Crippen molar-refractivity contribution in [3.8, 4) is 0 Å². The number of furan rings is 1. The van der Waals surface area contributed by atoms with Crippen LogP contribution in [-0.2, 0) is 10.0 Å². The number of hydrogen-bond acceptors (Lipinski definition) is 5. The Morgan fingerprint density at radius 3 is 2.75 bits per heavy atom. The second kappa shape index (κ2) is 5.55. The predicted molar refractivity (Wildman–Crippen MR) is 72.4 cm³/mol. The second-order valence-corrected chi connectivity index (χ2v) is 6.67. The SMILES string of the molecule is CC1CCN(C(=O)c2ccc(S(N)(=O)=O)o2)C(CN)C1. The Kier molecular flexibility index (Phi) is 4.17. The first-order valence-electron chi connectivity index (χ1n) is 6.46. The lowest BCUT2D eigenvalue weighted by atomic mass is 9.92. The first kappa shape index (κ1) is 15.0. The van der Waals surface area contributed by atoms with Gasteiger partial charge in [0, 0.05) is 19.1 Å². The molecule has 0 spiro atoms. The van der Waals surface area contributed by atoms with Gasteiger partial charge in [0.25, 0.3) is 15.9 Å². The lowest BCUT2D eigenvalue weighted by molar-refractivity contribution is 0.0536. The van der Waals surface area contributed by atoms with E-state index in [2.05, 4.69) is 6.92 Å². The molecule has 8 heteroatoms. The average molecular weight is 301 g/mol. The Balaban J connectivity index is 2.20. The van der Waals surface area contributed by atoms with Crippen LogP contribution >= 0.6 is 0 Å². The summed E-state index contributed by atoms with van der Waals surface area (Å²) in [4.78, 5) is 14.0. The van der Waals surface area contributed by atoms with Gasteiger partial charge in [0.15, 0.2) is 5.76 Å². The van der Waals surface area contributed by atoms with Crippen LogP contribution in [0.15, 0.2) is 21.6 Å². The lowest BCUT2D eigenvalue weighted by Gasteiger charge is -2.37. The van der Waals surface area contributed by atoms with Crippen molar-refractivity contribution < 1.29 is 17.6 Å². The highest BCUT2D eigenvalue weighted by Crippen LogP contribution is 2.24. The summed E-state index contributed by atoms with van der Waals surface area (Å²) >= 11 is 0. The maximum absolute atomic E-state index is 12.4. The Morgan fingerprint density at radius 1 is 1.50 bits per heavy atom. The van der Waals surface area contributed by atoms with Gasteiger partial charge in [0.2, 0.25) is 5.09 Å². The number of carbonyl (C=O) groups is 1. The maximum atomic E-state index is 12.4. The molecule has 112 valence electrons. The smallest absolute Gasteiger partial charge is 0.289 e. The van der Waals surface area contributed by atoms with Crippen molar-refractivity contribution in [1.82, 2.24) is 4.90 Å². The highest BCUT2D eigenvalue weighted by molar-refractivity contribution is 7.89. The number of piperidine rings is 1. The third kappa shape index (κ3) is 3.02. The van der Waals surface area contributed by atoms with E-state index in [1.165, 1.54) is 12.1 Å². The van der Waals surface area contributed by atoms with Crippen molar-refractivity contribution in [3.05, 3.63) is 17.9 Å². The third-order valence-electron chi connectivity index (χ3n) is 3.58. The molecule has 1 saturated heterocycles. The number of nitrogens with zero attached hydrogens (tertiary/aromatic N) is 1. The molecule has 20 heavy (non-hydrogen) atoms. The summed E-state index contributed by atoms with van der Waals surface area (Å²) in [6.07, 6.45) is 1.73. The van der Waals surface area contributed by atoms with Crippen molar-refractivity contribution in [3.63, 3.8) is 0 Å². The molecule has 7 nitrogen and oxygen atoms in total. The molecular formula is C12H19N3O4S. The summed E-state index contributed by atoms with van der Waals surface area (Å²) < 4.78 is 27.3. The number of carbonyl (C=O) groups excluding carboxylic acids is 1. The van der Waals surface area contributed by atoms with Gasteiger partial charge in [-0.3, -0.25) is 4.79 Å². The van der Waals surface area contributed by atoms with Crippen molar-refractivity contribution in [2.75, 3.05) is 13.1 Å². The topological polar surface area (TPSA) is 120 Å². The van der Waals surface area contributed by atoms with Crippen molar-refractivity contribution in [2.45, 2.75) is 30.9 Å². The molecular weight excluding hydrogens is 282 g/mol. The molecule has 2 rings (SSSR count). The first-order valence-corrected chi connectivity index (χ1v) is 8.01. The number of primary sulfonamides is 1. The van der Waals surface area contributed by atoms with Crippen molar-refractivity contribution in [1.29, 1.82) is 0 Å². The standard InChI is InChI=1S/C12H19N3O4S/c1-8-4-5-15(9(6-8)7-13)12(16)10-2-3-11(19-10)20(14,17)18/h2-3,8-9H,4-7,13H2,1H3,(H2,14,17,18). The molecule has 2 heterocycles. The van der Waals surface area contributed by atoms with E-state index in [0.29, 0.717) is 19.0 Å². The number of sulfonamides is 1. The summed E-state index contributed by atoms with van der Waals surface area (Å²) in [5.74, 6) is 0.147. The maximum Gasteiger partial charge on any atom is 0.289 e. The van der Waals surface area contributed by atoms with E-state index >= 15 is 0 Å². The molecule has 1 fully saturated rings. The van der Waals surface area contributed by atoms with E-state index in [-0.39, 0.29) is 17.7 Å². The third-order valence-corrected chi connectivity index (χ3v) is 4.36. The largest absolute Gasteiger partial charge is 0.438 e. The number of likely N-dealkylation sites (tertiary alicyclic amines) is 1. The van der Waals surface area contributed by atoms with E-state index in [1.807, 2.05) is 0 Å². The fourth-order valence-corrected chi connectivity index (χ4v) is 2.94. The Hall–Kier alpha value is -1.38. The van der Waals surface area contributed by atoms with E-state index in [4.69, 9.17) is 15.3 Å². The fraction of sp³-hybridized carbons (Fsp3) is 0.583. The van der Waals surface area contributed by atoms with Crippen LogP contribution in [0, 0.1) is 5.92 Å². The molecule has 0 saturated carbocycles. The van der Waals surface area contributed by atoms with E-state index < -0.39 is 15.1 Å². The number of nitrogens with two attached hydrogens (primary N) is 2. The van der Waals surface area contributed by atoms with Gasteiger partial charge in [0.05, 0.1) is 0 Å². The average Bonchev–Trinajstić information content (AvgIpc) is 2.87. The molecule has 0 aliphatic carbocycles. The van der Waals surface area contributed by atoms with Gasteiger partial charge in [-0.15, -0.1) is 0 Å². The molecule has 1 aromatic rings. The fourth-order valence-electron chi connectivity index (χ4n) is 2.47. The molecule has 4 N–H and O–H groups in total. The number of amides is 1. The molecule has 0 radical (unpaired) electrons. The van der Waals surface area contributed by atoms with Crippen LogP contribution in [0.1, 0.15) is 30.3 Å². The minimum absolute atomic E-state index is 0.0259. The van der Waals surface area contributed by atoms with Crippen LogP contribution < -0.4 is 10.9 Å². The van der Waals surface area contributed by atoms with Gasteiger partial charge in [0.1, 0.15) is 0 Å². The van der Waals surface area contributed by atoms with Gasteiger partial charge in [-0.25, -0.2) is 13.6 Å². The summed E-state index contributed by atoms with van der Waals surface area (Å²) in [6, 6.07) is 2.47. The van der Waals surface area contributed by atoms with E-state index in [0.717, 1.165) is 12.8 Å². The van der Waals surface area contributed by atoms with Gasteiger partial charge < -0.3 is 15.1 Å².